The average molecular weight is 275 g/mol. The van der Waals surface area contributed by atoms with Crippen molar-refractivity contribution in [3.63, 3.8) is 0 Å². The minimum Gasteiger partial charge on any atom is -0.486 e. The smallest absolute Gasteiger partial charge is 0.269 e. The number of rotatable bonds is 4. The Balaban J connectivity index is 2.16. The van der Waals surface area contributed by atoms with Crippen LogP contribution in [0.5, 0.6) is 5.75 Å². The Morgan fingerprint density at radius 3 is 2.45 bits per heavy atom. The molecule has 0 aliphatic carbocycles. The van der Waals surface area contributed by atoms with Crippen LogP contribution in [0, 0.1) is 22.9 Å². The molecule has 0 spiro atoms. The Hall–Kier alpha value is -2.43. The highest BCUT2D eigenvalue weighted by atomic mass is 19.1. The first-order chi connectivity index (χ1) is 9.47. The van der Waals surface area contributed by atoms with Crippen molar-refractivity contribution in [1.82, 2.24) is 0 Å². The lowest BCUT2D eigenvalue weighted by molar-refractivity contribution is -0.384. The van der Waals surface area contributed by atoms with Gasteiger partial charge in [0.2, 0.25) is 0 Å². The number of nitro benzene ring substituents is 1. The van der Waals surface area contributed by atoms with Crippen LogP contribution in [0.4, 0.5) is 10.1 Å². The number of nitrogens with zero attached hydrogens (tertiary/aromatic N) is 1. The third-order valence-electron chi connectivity index (χ3n) is 2.95. The lowest BCUT2D eigenvalue weighted by atomic mass is 10.1. The van der Waals surface area contributed by atoms with E-state index in [-0.39, 0.29) is 11.5 Å². The number of benzene rings is 2. The Morgan fingerprint density at radius 1 is 1.20 bits per heavy atom. The maximum atomic E-state index is 13.7. The van der Waals surface area contributed by atoms with Crippen molar-refractivity contribution < 1.29 is 14.1 Å². The number of non-ortho nitro benzene ring substituents is 1. The van der Waals surface area contributed by atoms with E-state index in [1.807, 2.05) is 6.92 Å². The normalized spacial score (nSPS) is 11.9. The monoisotopic (exact) mass is 275 g/mol. The second kappa shape index (κ2) is 5.69. The van der Waals surface area contributed by atoms with Gasteiger partial charge in [-0.25, -0.2) is 4.39 Å². The summed E-state index contributed by atoms with van der Waals surface area (Å²) in [5, 5.41) is 10.6. The molecule has 0 amide bonds. The Kier molecular flexibility index (Phi) is 3.98. The molecule has 0 saturated heterocycles. The molecule has 0 saturated carbocycles. The van der Waals surface area contributed by atoms with E-state index < -0.39 is 11.0 Å². The predicted molar refractivity (Wildman–Crippen MR) is 73.3 cm³/mol. The van der Waals surface area contributed by atoms with Gasteiger partial charge in [-0.1, -0.05) is 11.6 Å². The van der Waals surface area contributed by atoms with Crippen LogP contribution in [0.25, 0.3) is 0 Å². The van der Waals surface area contributed by atoms with Gasteiger partial charge in [-0.2, -0.15) is 0 Å². The Labute approximate surface area is 116 Å². The third kappa shape index (κ3) is 3.12. The molecule has 4 nitrogen and oxygen atoms in total. The highest BCUT2D eigenvalue weighted by Crippen LogP contribution is 2.26. The molecule has 1 unspecified atom stereocenters. The highest BCUT2D eigenvalue weighted by molar-refractivity contribution is 5.36. The van der Waals surface area contributed by atoms with Crippen LogP contribution in [0.2, 0.25) is 0 Å². The molecule has 0 heterocycles. The summed E-state index contributed by atoms with van der Waals surface area (Å²) < 4.78 is 19.3. The van der Waals surface area contributed by atoms with E-state index in [9.17, 15) is 14.5 Å². The summed E-state index contributed by atoms with van der Waals surface area (Å²) in [6.45, 7) is 3.61. The van der Waals surface area contributed by atoms with E-state index in [0.29, 0.717) is 11.3 Å². The summed E-state index contributed by atoms with van der Waals surface area (Å²) in [7, 11) is 0. The molecule has 20 heavy (non-hydrogen) atoms. The van der Waals surface area contributed by atoms with Crippen LogP contribution in [-0.4, -0.2) is 4.92 Å². The summed E-state index contributed by atoms with van der Waals surface area (Å²) in [5.74, 6) is 0.133. The van der Waals surface area contributed by atoms with Crippen LogP contribution < -0.4 is 4.74 Å². The fraction of sp³-hybridized carbons (Fsp3) is 0.200. The standard InChI is InChI=1S/C15H14FNO3/c1-10-3-8-15(16)14(9-10)11(2)20-13-6-4-12(5-7-13)17(18)19/h3-9,11H,1-2H3. The fourth-order valence-electron chi connectivity index (χ4n) is 1.89. The average Bonchev–Trinajstić information content (AvgIpc) is 2.42. The first-order valence-corrected chi connectivity index (χ1v) is 6.14. The summed E-state index contributed by atoms with van der Waals surface area (Å²) in [4.78, 5) is 10.1. The van der Waals surface area contributed by atoms with Crippen molar-refractivity contribution in [2.24, 2.45) is 0 Å². The van der Waals surface area contributed by atoms with Gasteiger partial charge >= 0.3 is 0 Å². The first kappa shape index (κ1) is 14.0. The molecule has 5 heteroatoms. The van der Waals surface area contributed by atoms with Crippen molar-refractivity contribution in [3.8, 4) is 5.75 Å². The summed E-state index contributed by atoms with van der Waals surface area (Å²) in [6, 6.07) is 10.5. The van der Waals surface area contributed by atoms with Gasteiger partial charge in [-0.05, 0) is 38.1 Å². The molecule has 0 radical (unpaired) electrons. The van der Waals surface area contributed by atoms with E-state index in [1.54, 1.807) is 19.1 Å². The van der Waals surface area contributed by atoms with E-state index in [4.69, 9.17) is 4.74 Å². The van der Waals surface area contributed by atoms with Gasteiger partial charge in [0.1, 0.15) is 17.7 Å². The zero-order valence-corrected chi connectivity index (χ0v) is 11.2. The molecule has 0 aromatic heterocycles. The Morgan fingerprint density at radius 2 is 1.85 bits per heavy atom. The van der Waals surface area contributed by atoms with Crippen molar-refractivity contribution in [2.75, 3.05) is 0 Å². The molecule has 0 aliphatic heterocycles. The van der Waals surface area contributed by atoms with Crippen LogP contribution in [0.15, 0.2) is 42.5 Å². The number of hydrogen-bond donors (Lipinski definition) is 0. The number of halogens is 1. The zero-order chi connectivity index (χ0) is 14.7. The SMILES string of the molecule is Cc1ccc(F)c(C(C)Oc2ccc([N+](=O)[O-])cc2)c1. The quantitative estimate of drug-likeness (QED) is 0.621. The molecule has 0 fully saturated rings. The lowest BCUT2D eigenvalue weighted by Gasteiger charge is -2.16. The van der Waals surface area contributed by atoms with E-state index in [0.717, 1.165) is 5.56 Å². The van der Waals surface area contributed by atoms with Gasteiger partial charge in [-0.15, -0.1) is 0 Å². The number of aryl methyl sites for hydroxylation is 1. The maximum absolute atomic E-state index is 13.7. The fourth-order valence-corrected chi connectivity index (χ4v) is 1.89. The maximum Gasteiger partial charge on any atom is 0.269 e. The molecular formula is C15H14FNO3. The molecule has 104 valence electrons. The minimum absolute atomic E-state index is 0.00765. The van der Waals surface area contributed by atoms with Crippen molar-refractivity contribution in [2.45, 2.75) is 20.0 Å². The van der Waals surface area contributed by atoms with E-state index >= 15 is 0 Å². The van der Waals surface area contributed by atoms with Gasteiger partial charge in [-0.3, -0.25) is 10.1 Å². The van der Waals surface area contributed by atoms with Crippen LogP contribution >= 0.6 is 0 Å². The molecule has 1 atom stereocenters. The van der Waals surface area contributed by atoms with Crippen LogP contribution in [0.1, 0.15) is 24.2 Å². The molecular weight excluding hydrogens is 261 g/mol. The number of nitro groups is 1. The third-order valence-corrected chi connectivity index (χ3v) is 2.95. The first-order valence-electron chi connectivity index (χ1n) is 6.14. The van der Waals surface area contributed by atoms with Crippen molar-refractivity contribution >= 4 is 5.69 Å². The summed E-state index contributed by atoms with van der Waals surface area (Å²) >= 11 is 0. The van der Waals surface area contributed by atoms with Gasteiger partial charge in [0.15, 0.2) is 0 Å². The zero-order valence-electron chi connectivity index (χ0n) is 11.2. The van der Waals surface area contributed by atoms with Crippen molar-refractivity contribution in [3.05, 3.63) is 69.5 Å². The second-order valence-corrected chi connectivity index (χ2v) is 4.54. The predicted octanol–water partition coefficient (Wildman–Crippen LogP) is 4.18. The van der Waals surface area contributed by atoms with Gasteiger partial charge in [0.05, 0.1) is 4.92 Å². The van der Waals surface area contributed by atoms with E-state index in [2.05, 4.69) is 0 Å². The molecule has 2 rings (SSSR count). The Bertz CT molecular complexity index is 626. The largest absolute Gasteiger partial charge is 0.486 e. The second-order valence-electron chi connectivity index (χ2n) is 4.54. The number of hydrogen-bond acceptors (Lipinski definition) is 3. The number of ether oxygens (including phenoxy) is 1. The molecule has 2 aromatic carbocycles. The molecule has 0 aliphatic rings. The van der Waals surface area contributed by atoms with Gasteiger partial charge in [0, 0.05) is 17.7 Å². The van der Waals surface area contributed by atoms with Crippen LogP contribution in [-0.2, 0) is 0 Å². The minimum atomic E-state index is -0.479. The van der Waals surface area contributed by atoms with E-state index in [1.165, 1.54) is 30.3 Å². The van der Waals surface area contributed by atoms with Crippen molar-refractivity contribution in [1.29, 1.82) is 0 Å². The lowest BCUT2D eigenvalue weighted by Crippen LogP contribution is -2.06. The van der Waals surface area contributed by atoms with Gasteiger partial charge in [0.25, 0.3) is 5.69 Å². The summed E-state index contributed by atoms with van der Waals surface area (Å²) in [5.41, 5.74) is 1.40. The van der Waals surface area contributed by atoms with Crippen LogP contribution in [0.3, 0.4) is 0 Å². The molecule has 0 N–H and O–H groups in total. The highest BCUT2D eigenvalue weighted by Gasteiger charge is 2.13. The molecule has 0 bridgehead atoms. The molecule has 2 aromatic rings. The summed E-state index contributed by atoms with van der Waals surface area (Å²) in [6.07, 6.45) is -0.476. The topological polar surface area (TPSA) is 52.4 Å². The van der Waals surface area contributed by atoms with Gasteiger partial charge < -0.3 is 4.74 Å².